The van der Waals surface area contributed by atoms with E-state index in [0.29, 0.717) is 5.56 Å². The van der Waals surface area contributed by atoms with Gasteiger partial charge in [-0.05, 0) is 42.5 Å². The molecule has 1 amide bonds. The number of carbonyl (C=O) groups is 1. The number of nitrogens with zero attached hydrogens (tertiary/aromatic N) is 1. The summed E-state index contributed by atoms with van der Waals surface area (Å²) < 4.78 is 14.1. The van der Waals surface area contributed by atoms with E-state index in [1.54, 1.807) is 12.1 Å². The maximum Gasteiger partial charge on any atom is 0.242 e. The molecule has 0 saturated carbocycles. The predicted octanol–water partition coefficient (Wildman–Crippen LogP) is 3.52. The first-order chi connectivity index (χ1) is 11.6. The topological polar surface area (TPSA) is 32.3 Å². The SMILES string of the molecule is CN1CCC2(CCC(c3cccc(-c4ccccc4F)c3)N2)C1=O. The zero-order valence-corrected chi connectivity index (χ0v) is 13.8. The van der Waals surface area contributed by atoms with Gasteiger partial charge >= 0.3 is 0 Å². The minimum Gasteiger partial charge on any atom is -0.344 e. The summed E-state index contributed by atoms with van der Waals surface area (Å²) in [5.74, 6) is -0.00615. The van der Waals surface area contributed by atoms with Crippen molar-refractivity contribution in [2.75, 3.05) is 13.6 Å². The fourth-order valence-electron chi connectivity index (χ4n) is 4.04. The van der Waals surface area contributed by atoms with Crippen LogP contribution in [0.1, 0.15) is 30.9 Å². The molecule has 0 bridgehead atoms. The average molecular weight is 324 g/mol. The molecule has 2 aliphatic rings. The Labute approximate surface area is 141 Å². The fraction of sp³-hybridized carbons (Fsp3) is 0.350. The molecule has 2 aromatic carbocycles. The van der Waals surface area contributed by atoms with E-state index < -0.39 is 5.54 Å². The Morgan fingerprint density at radius 2 is 2.00 bits per heavy atom. The number of hydrogen-bond donors (Lipinski definition) is 1. The highest BCUT2D eigenvalue weighted by Crippen LogP contribution is 2.39. The van der Waals surface area contributed by atoms with Gasteiger partial charge in [-0.1, -0.05) is 36.4 Å². The van der Waals surface area contributed by atoms with Crippen LogP contribution in [0.3, 0.4) is 0 Å². The standard InChI is InChI=1S/C20H21FN2O/c1-23-12-11-20(19(23)24)10-9-18(22-20)15-6-4-5-14(13-15)16-7-2-3-8-17(16)21/h2-8,13,18,22H,9-12H2,1H3. The number of hydrogen-bond acceptors (Lipinski definition) is 2. The molecule has 2 saturated heterocycles. The highest BCUT2D eigenvalue weighted by molar-refractivity contribution is 5.88. The molecule has 2 aliphatic heterocycles. The van der Waals surface area contributed by atoms with Crippen molar-refractivity contribution in [1.29, 1.82) is 0 Å². The van der Waals surface area contributed by atoms with E-state index in [0.717, 1.165) is 36.9 Å². The van der Waals surface area contributed by atoms with Gasteiger partial charge in [0.1, 0.15) is 11.4 Å². The maximum atomic E-state index is 14.1. The maximum absolute atomic E-state index is 14.1. The van der Waals surface area contributed by atoms with Gasteiger partial charge in [-0.2, -0.15) is 0 Å². The first-order valence-corrected chi connectivity index (χ1v) is 8.47. The van der Waals surface area contributed by atoms with Crippen LogP contribution in [0, 0.1) is 5.82 Å². The summed E-state index contributed by atoms with van der Waals surface area (Å²) in [7, 11) is 1.87. The summed E-state index contributed by atoms with van der Waals surface area (Å²) in [6.07, 6.45) is 2.66. The zero-order chi connectivity index (χ0) is 16.7. The Morgan fingerprint density at radius 3 is 2.75 bits per heavy atom. The molecule has 1 spiro atoms. The number of halogens is 1. The average Bonchev–Trinajstić information content (AvgIpc) is 3.16. The third kappa shape index (κ3) is 2.42. The molecule has 2 atom stereocenters. The summed E-state index contributed by atoms with van der Waals surface area (Å²) in [5, 5.41) is 3.57. The molecule has 2 fully saturated rings. The van der Waals surface area contributed by atoms with Gasteiger partial charge in [0.05, 0.1) is 0 Å². The molecular formula is C20H21FN2O. The molecule has 1 N–H and O–H groups in total. The van der Waals surface area contributed by atoms with E-state index >= 15 is 0 Å². The van der Waals surface area contributed by atoms with Crippen molar-refractivity contribution in [1.82, 2.24) is 10.2 Å². The number of carbonyl (C=O) groups excluding carboxylic acids is 1. The zero-order valence-electron chi connectivity index (χ0n) is 13.8. The van der Waals surface area contributed by atoms with E-state index in [4.69, 9.17) is 0 Å². The Morgan fingerprint density at radius 1 is 1.17 bits per heavy atom. The molecule has 2 aromatic rings. The van der Waals surface area contributed by atoms with Gasteiger partial charge < -0.3 is 4.90 Å². The van der Waals surface area contributed by atoms with E-state index in [9.17, 15) is 9.18 Å². The summed E-state index contributed by atoms with van der Waals surface area (Å²) in [6, 6.07) is 15.0. The molecule has 124 valence electrons. The van der Waals surface area contributed by atoms with Crippen LogP contribution in [0.25, 0.3) is 11.1 Å². The third-order valence-electron chi connectivity index (χ3n) is 5.41. The molecule has 2 unspecified atom stereocenters. The minimum absolute atomic E-state index is 0.146. The molecule has 0 radical (unpaired) electrons. The van der Waals surface area contributed by atoms with Crippen LogP contribution in [-0.2, 0) is 4.79 Å². The van der Waals surface area contributed by atoms with Crippen molar-refractivity contribution < 1.29 is 9.18 Å². The van der Waals surface area contributed by atoms with Gasteiger partial charge in [-0.3, -0.25) is 10.1 Å². The Kier molecular flexibility index (Phi) is 3.65. The first-order valence-electron chi connectivity index (χ1n) is 8.47. The number of amides is 1. The van der Waals surface area contributed by atoms with Crippen LogP contribution < -0.4 is 5.32 Å². The van der Waals surface area contributed by atoms with Crippen molar-refractivity contribution in [2.24, 2.45) is 0 Å². The first kappa shape index (κ1) is 15.3. The second-order valence-corrected chi connectivity index (χ2v) is 6.90. The lowest BCUT2D eigenvalue weighted by Gasteiger charge is -2.23. The van der Waals surface area contributed by atoms with Crippen LogP contribution >= 0.6 is 0 Å². The number of rotatable bonds is 2. The second-order valence-electron chi connectivity index (χ2n) is 6.90. The van der Waals surface area contributed by atoms with Crippen LogP contribution in [0.5, 0.6) is 0 Å². The van der Waals surface area contributed by atoms with Crippen LogP contribution in [-0.4, -0.2) is 29.9 Å². The number of likely N-dealkylation sites (tertiary alicyclic amines) is 1. The van der Waals surface area contributed by atoms with Crippen LogP contribution in [0.4, 0.5) is 4.39 Å². The summed E-state index contributed by atoms with van der Waals surface area (Å²) in [6.45, 7) is 0.813. The molecule has 4 heteroatoms. The van der Waals surface area contributed by atoms with Gasteiger partial charge in [0.2, 0.25) is 5.91 Å². The minimum atomic E-state index is -0.395. The lowest BCUT2D eigenvalue weighted by Crippen LogP contribution is -2.47. The van der Waals surface area contributed by atoms with E-state index in [1.807, 2.05) is 36.2 Å². The highest BCUT2D eigenvalue weighted by Gasteiger charge is 2.49. The monoisotopic (exact) mass is 324 g/mol. The molecule has 0 aromatic heterocycles. The van der Waals surface area contributed by atoms with E-state index in [2.05, 4.69) is 11.4 Å². The molecule has 0 aliphatic carbocycles. The van der Waals surface area contributed by atoms with Crippen LogP contribution in [0.15, 0.2) is 48.5 Å². The van der Waals surface area contributed by atoms with Crippen molar-refractivity contribution >= 4 is 5.91 Å². The molecular weight excluding hydrogens is 303 g/mol. The Bertz CT molecular complexity index is 791. The summed E-state index contributed by atoms with van der Waals surface area (Å²) >= 11 is 0. The van der Waals surface area contributed by atoms with Gasteiger partial charge in [0, 0.05) is 25.2 Å². The predicted molar refractivity (Wildman–Crippen MR) is 91.9 cm³/mol. The molecule has 3 nitrogen and oxygen atoms in total. The fourth-order valence-corrected chi connectivity index (χ4v) is 4.04. The summed E-state index contributed by atoms with van der Waals surface area (Å²) in [5.41, 5.74) is 2.22. The van der Waals surface area contributed by atoms with Crippen molar-refractivity contribution in [3.05, 3.63) is 59.9 Å². The van der Waals surface area contributed by atoms with Gasteiger partial charge in [0.15, 0.2) is 0 Å². The number of likely N-dealkylation sites (N-methyl/N-ethyl adjacent to an activating group) is 1. The molecule has 24 heavy (non-hydrogen) atoms. The van der Waals surface area contributed by atoms with Crippen molar-refractivity contribution in [3.63, 3.8) is 0 Å². The van der Waals surface area contributed by atoms with E-state index in [1.165, 1.54) is 6.07 Å². The summed E-state index contributed by atoms with van der Waals surface area (Å²) in [4.78, 5) is 14.3. The van der Waals surface area contributed by atoms with E-state index in [-0.39, 0.29) is 17.8 Å². The van der Waals surface area contributed by atoms with Crippen LogP contribution in [0.2, 0.25) is 0 Å². The second kappa shape index (κ2) is 5.71. The number of benzene rings is 2. The Hall–Kier alpha value is -2.20. The van der Waals surface area contributed by atoms with Gasteiger partial charge in [0.25, 0.3) is 0 Å². The normalized spacial score (nSPS) is 26.5. The third-order valence-corrected chi connectivity index (χ3v) is 5.41. The van der Waals surface area contributed by atoms with Crippen molar-refractivity contribution in [2.45, 2.75) is 30.8 Å². The number of nitrogens with one attached hydrogen (secondary N) is 1. The van der Waals surface area contributed by atoms with Crippen molar-refractivity contribution in [3.8, 4) is 11.1 Å². The lowest BCUT2D eigenvalue weighted by atomic mass is 9.95. The largest absolute Gasteiger partial charge is 0.344 e. The highest BCUT2D eigenvalue weighted by atomic mass is 19.1. The quantitative estimate of drug-likeness (QED) is 0.917. The van der Waals surface area contributed by atoms with Gasteiger partial charge in [-0.15, -0.1) is 0 Å². The molecule has 2 heterocycles. The smallest absolute Gasteiger partial charge is 0.242 e. The Balaban J connectivity index is 1.62. The lowest BCUT2D eigenvalue weighted by molar-refractivity contribution is -0.131. The van der Waals surface area contributed by atoms with Gasteiger partial charge in [-0.25, -0.2) is 4.39 Å². The molecule has 4 rings (SSSR count).